The molecular weight excluding hydrogens is 202 g/mol. The SMILES string of the molecule is CC(C)(N)C(=O)Oc1cccc(Cl)c1. The van der Waals surface area contributed by atoms with E-state index in [4.69, 9.17) is 22.1 Å². The van der Waals surface area contributed by atoms with Crippen molar-refractivity contribution in [3.05, 3.63) is 29.3 Å². The van der Waals surface area contributed by atoms with E-state index < -0.39 is 11.5 Å². The maximum atomic E-state index is 11.4. The summed E-state index contributed by atoms with van der Waals surface area (Å²) in [6, 6.07) is 6.61. The quantitative estimate of drug-likeness (QED) is 0.604. The maximum absolute atomic E-state index is 11.4. The van der Waals surface area contributed by atoms with Crippen LogP contribution in [0.1, 0.15) is 13.8 Å². The molecule has 4 heteroatoms. The number of carbonyl (C=O) groups excluding carboxylic acids is 1. The topological polar surface area (TPSA) is 52.3 Å². The van der Waals surface area contributed by atoms with Gasteiger partial charge in [-0.25, -0.2) is 4.79 Å². The highest BCUT2D eigenvalue weighted by Crippen LogP contribution is 2.18. The van der Waals surface area contributed by atoms with Gasteiger partial charge in [-0.3, -0.25) is 0 Å². The van der Waals surface area contributed by atoms with Crippen LogP contribution in [0.15, 0.2) is 24.3 Å². The van der Waals surface area contributed by atoms with Crippen molar-refractivity contribution in [3.63, 3.8) is 0 Å². The lowest BCUT2D eigenvalue weighted by Gasteiger charge is -2.16. The average molecular weight is 214 g/mol. The van der Waals surface area contributed by atoms with Gasteiger partial charge < -0.3 is 10.5 Å². The van der Waals surface area contributed by atoms with Gasteiger partial charge in [0.2, 0.25) is 0 Å². The number of rotatable bonds is 2. The van der Waals surface area contributed by atoms with Crippen LogP contribution in [-0.2, 0) is 4.79 Å². The molecule has 0 atom stereocenters. The molecule has 0 fully saturated rings. The smallest absolute Gasteiger partial charge is 0.330 e. The standard InChI is InChI=1S/C10H12ClNO2/c1-10(2,12)9(13)14-8-5-3-4-7(11)6-8/h3-6H,12H2,1-2H3. The number of ether oxygens (including phenoxy) is 1. The van der Waals surface area contributed by atoms with Gasteiger partial charge >= 0.3 is 5.97 Å². The zero-order valence-electron chi connectivity index (χ0n) is 8.08. The molecule has 1 aromatic rings. The van der Waals surface area contributed by atoms with Crippen molar-refractivity contribution in [2.75, 3.05) is 0 Å². The maximum Gasteiger partial charge on any atom is 0.330 e. The Kier molecular flexibility index (Phi) is 3.13. The first-order valence-corrected chi connectivity index (χ1v) is 4.54. The van der Waals surface area contributed by atoms with E-state index in [1.807, 2.05) is 0 Å². The van der Waals surface area contributed by atoms with Crippen molar-refractivity contribution < 1.29 is 9.53 Å². The van der Waals surface area contributed by atoms with Gasteiger partial charge in [0, 0.05) is 5.02 Å². The second kappa shape index (κ2) is 3.98. The van der Waals surface area contributed by atoms with Gasteiger partial charge in [0.05, 0.1) is 0 Å². The number of esters is 1. The van der Waals surface area contributed by atoms with E-state index in [2.05, 4.69) is 0 Å². The lowest BCUT2D eigenvalue weighted by atomic mass is 10.1. The summed E-state index contributed by atoms with van der Waals surface area (Å²) < 4.78 is 5.01. The fourth-order valence-corrected chi connectivity index (χ4v) is 0.949. The number of benzene rings is 1. The molecule has 0 heterocycles. The van der Waals surface area contributed by atoms with E-state index in [0.717, 1.165) is 0 Å². The van der Waals surface area contributed by atoms with Crippen LogP contribution in [-0.4, -0.2) is 11.5 Å². The molecule has 0 aliphatic carbocycles. The summed E-state index contributed by atoms with van der Waals surface area (Å²) in [5.74, 6) is -0.0826. The fourth-order valence-electron chi connectivity index (χ4n) is 0.769. The van der Waals surface area contributed by atoms with E-state index in [-0.39, 0.29) is 0 Å². The molecule has 0 unspecified atom stereocenters. The summed E-state index contributed by atoms with van der Waals surface area (Å²) in [4.78, 5) is 11.4. The minimum Gasteiger partial charge on any atom is -0.425 e. The van der Waals surface area contributed by atoms with Gasteiger partial charge in [-0.05, 0) is 32.0 Å². The Morgan fingerprint density at radius 1 is 1.50 bits per heavy atom. The van der Waals surface area contributed by atoms with Crippen molar-refractivity contribution in [1.29, 1.82) is 0 Å². The minimum absolute atomic E-state index is 0.404. The first-order valence-electron chi connectivity index (χ1n) is 4.16. The zero-order chi connectivity index (χ0) is 10.8. The van der Waals surface area contributed by atoms with Crippen molar-refractivity contribution in [2.45, 2.75) is 19.4 Å². The van der Waals surface area contributed by atoms with E-state index in [1.54, 1.807) is 38.1 Å². The summed E-state index contributed by atoms with van der Waals surface area (Å²) in [5, 5.41) is 0.519. The Morgan fingerprint density at radius 2 is 2.14 bits per heavy atom. The normalized spacial score (nSPS) is 11.1. The summed E-state index contributed by atoms with van der Waals surface area (Å²) >= 11 is 5.72. The second-order valence-corrected chi connectivity index (χ2v) is 4.01. The fraction of sp³-hybridized carbons (Fsp3) is 0.300. The second-order valence-electron chi connectivity index (χ2n) is 3.57. The third-order valence-electron chi connectivity index (χ3n) is 1.53. The monoisotopic (exact) mass is 213 g/mol. The lowest BCUT2D eigenvalue weighted by Crippen LogP contribution is -2.44. The van der Waals surface area contributed by atoms with Crippen molar-refractivity contribution in [3.8, 4) is 5.75 Å². The Bertz CT molecular complexity index is 344. The number of hydrogen-bond donors (Lipinski definition) is 1. The summed E-state index contributed by atoms with van der Waals surface area (Å²) in [6.07, 6.45) is 0. The van der Waals surface area contributed by atoms with Gasteiger partial charge in [0.1, 0.15) is 11.3 Å². The first-order chi connectivity index (χ1) is 6.39. The molecule has 1 aromatic carbocycles. The van der Waals surface area contributed by atoms with Crippen LogP contribution in [0.25, 0.3) is 0 Å². The third kappa shape index (κ3) is 3.01. The Balaban J connectivity index is 2.75. The number of hydrogen-bond acceptors (Lipinski definition) is 3. The third-order valence-corrected chi connectivity index (χ3v) is 1.77. The van der Waals surface area contributed by atoms with Gasteiger partial charge in [-0.2, -0.15) is 0 Å². The van der Waals surface area contributed by atoms with E-state index in [9.17, 15) is 4.79 Å². The lowest BCUT2D eigenvalue weighted by molar-refractivity contribution is -0.139. The molecule has 0 amide bonds. The van der Waals surface area contributed by atoms with E-state index in [1.165, 1.54) is 0 Å². The average Bonchev–Trinajstić information content (AvgIpc) is 2.02. The predicted octanol–water partition coefficient (Wildman–Crippen LogP) is 1.98. The highest BCUT2D eigenvalue weighted by Gasteiger charge is 2.24. The van der Waals surface area contributed by atoms with Crippen molar-refractivity contribution in [2.24, 2.45) is 5.73 Å². The highest BCUT2D eigenvalue weighted by molar-refractivity contribution is 6.30. The van der Waals surface area contributed by atoms with Crippen LogP contribution in [0.3, 0.4) is 0 Å². The zero-order valence-corrected chi connectivity index (χ0v) is 8.84. The minimum atomic E-state index is -0.998. The number of nitrogens with two attached hydrogens (primary N) is 1. The number of carbonyl (C=O) groups is 1. The molecule has 2 N–H and O–H groups in total. The molecular formula is C10H12ClNO2. The van der Waals surface area contributed by atoms with Crippen LogP contribution in [0.4, 0.5) is 0 Å². The Labute approximate surface area is 87.8 Å². The Hall–Kier alpha value is -1.06. The molecule has 0 aromatic heterocycles. The molecule has 0 saturated carbocycles. The molecule has 1 rings (SSSR count). The van der Waals surface area contributed by atoms with Crippen molar-refractivity contribution >= 4 is 17.6 Å². The molecule has 0 spiro atoms. The molecule has 0 radical (unpaired) electrons. The summed E-state index contributed by atoms with van der Waals surface area (Å²) in [5.41, 5.74) is 4.56. The van der Waals surface area contributed by atoms with E-state index >= 15 is 0 Å². The molecule has 76 valence electrons. The predicted molar refractivity (Wildman–Crippen MR) is 55.4 cm³/mol. The molecule has 3 nitrogen and oxygen atoms in total. The van der Waals surface area contributed by atoms with Crippen LogP contribution in [0.5, 0.6) is 5.75 Å². The molecule has 0 saturated heterocycles. The highest BCUT2D eigenvalue weighted by atomic mass is 35.5. The Morgan fingerprint density at radius 3 is 2.64 bits per heavy atom. The van der Waals surface area contributed by atoms with Crippen LogP contribution >= 0.6 is 11.6 Å². The van der Waals surface area contributed by atoms with E-state index in [0.29, 0.717) is 10.8 Å². The molecule has 0 aliphatic heterocycles. The van der Waals surface area contributed by atoms with Crippen LogP contribution < -0.4 is 10.5 Å². The summed E-state index contributed by atoms with van der Waals surface area (Å²) in [6.45, 7) is 3.17. The first kappa shape index (κ1) is 11.0. The molecule has 0 aliphatic rings. The van der Waals surface area contributed by atoms with Gasteiger partial charge in [0.15, 0.2) is 0 Å². The largest absolute Gasteiger partial charge is 0.425 e. The van der Waals surface area contributed by atoms with Gasteiger partial charge in [-0.15, -0.1) is 0 Å². The summed E-state index contributed by atoms with van der Waals surface area (Å²) in [7, 11) is 0. The van der Waals surface area contributed by atoms with Crippen LogP contribution in [0, 0.1) is 0 Å². The molecule has 14 heavy (non-hydrogen) atoms. The van der Waals surface area contributed by atoms with Crippen molar-refractivity contribution in [1.82, 2.24) is 0 Å². The van der Waals surface area contributed by atoms with Gasteiger partial charge in [0.25, 0.3) is 0 Å². The van der Waals surface area contributed by atoms with Crippen LogP contribution in [0.2, 0.25) is 5.02 Å². The molecule has 0 bridgehead atoms. The number of halogens is 1. The van der Waals surface area contributed by atoms with Gasteiger partial charge in [-0.1, -0.05) is 17.7 Å².